The van der Waals surface area contributed by atoms with Gasteiger partial charge in [-0.25, -0.2) is 22.2 Å². The molecule has 5 nitrogen and oxygen atoms in total. The number of pyridine rings is 1. The van der Waals surface area contributed by atoms with Crippen molar-refractivity contribution in [3.63, 3.8) is 0 Å². The van der Waals surface area contributed by atoms with Crippen LogP contribution >= 0.6 is 0 Å². The van der Waals surface area contributed by atoms with Crippen LogP contribution in [0.2, 0.25) is 0 Å². The molecule has 0 spiro atoms. The molecule has 0 saturated carbocycles. The summed E-state index contributed by atoms with van der Waals surface area (Å²) >= 11 is 0. The lowest BCUT2D eigenvalue weighted by atomic mass is 10.2. The minimum Gasteiger partial charge on any atom is -0.338 e. The zero-order valence-electron chi connectivity index (χ0n) is 13.7. The van der Waals surface area contributed by atoms with Crippen molar-refractivity contribution in [2.45, 2.75) is 11.8 Å². The van der Waals surface area contributed by atoms with Gasteiger partial charge in [0.1, 0.15) is 17.5 Å². The molecule has 0 bridgehead atoms. The van der Waals surface area contributed by atoms with Gasteiger partial charge >= 0.3 is 0 Å². The molecular formula is C18H15F2N3O2S. The molecule has 1 heterocycles. The van der Waals surface area contributed by atoms with Gasteiger partial charge in [0.25, 0.3) is 10.0 Å². The van der Waals surface area contributed by atoms with Gasteiger partial charge in [0.15, 0.2) is 0 Å². The summed E-state index contributed by atoms with van der Waals surface area (Å²) in [5.41, 5.74) is 1.27. The van der Waals surface area contributed by atoms with E-state index < -0.39 is 21.7 Å². The first kappa shape index (κ1) is 17.8. The van der Waals surface area contributed by atoms with Gasteiger partial charge in [0.2, 0.25) is 0 Å². The van der Waals surface area contributed by atoms with Crippen molar-refractivity contribution in [2.24, 2.45) is 0 Å². The molecule has 0 radical (unpaired) electrons. The Bertz CT molecular complexity index is 1020. The fraction of sp³-hybridized carbons (Fsp3) is 0.0556. The molecule has 0 amide bonds. The summed E-state index contributed by atoms with van der Waals surface area (Å²) in [7, 11) is -3.73. The highest BCUT2D eigenvalue weighted by atomic mass is 32.2. The summed E-state index contributed by atoms with van der Waals surface area (Å²) in [5.74, 6) is -1.15. The number of nitrogens with one attached hydrogen (secondary N) is 2. The van der Waals surface area contributed by atoms with Gasteiger partial charge in [-0.1, -0.05) is 17.7 Å². The van der Waals surface area contributed by atoms with Crippen LogP contribution in [-0.2, 0) is 10.0 Å². The van der Waals surface area contributed by atoms with E-state index in [4.69, 9.17) is 0 Å². The maximum absolute atomic E-state index is 13.6. The van der Waals surface area contributed by atoms with E-state index in [0.717, 1.165) is 17.7 Å². The van der Waals surface area contributed by atoms with Gasteiger partial charge < -0.3 is 5.32 Å². The normalized spacial score (nSPS) is 11.2. The Kier molecular flexibility index (Phi) is 4.85. The number of hydrogen-bond donors (Lipinski definition) is 2. The molecule has 1 aromatic heterocycles. The van der Waals surface area contributed by atoms with E-state index in [-0.39, 0.29) is 22.1 Å². The van der Waals surface area contributed by atoms with Crippen molar-refractivity contribution in [3.05, 3.63) is 78.0 Å². The largest absolute Gasteiger partial charge is 0.338 e. The summed E-state index contributed by atoms with van der Waals surface area (Å²) in [6, 6.07) is 12.5. The average molecular weight is 375 g/mol. The van der Waals surface area contributed by atoms with Crippen LogP contribution < -0.4 is 10.0 Å². The minimum atomic E-state index is -3.73. The van der Waals surface area contributed by atoms with Crippen LogP contribution in [0.4, 0.5) is 26.0 Å². The lowest BCUT2D eigenvalue weighted by molar-refractivity contribution is 0.586. The highest BCUT2D eigenvalue weighted by Crippen LogP contribution is 2.21. The molecule has 0 fully saturated rings. The first-order chi connectivity index (χ1) is 12.3. The summed E-state index contributed by atoms with van der Waals surface area (Å²) < 4.78 is 53.6. The Balaban J connectivity index is 1.74. The Labute approximate surface area is 149 Å². The van der Waals surface area contributed by atoms with E-state index in [9.17, 15) is 17.2 Å². The second-order valence-electron chi connectivity index (χ2n) is 5.60. The molecule has 2 aromatic carbocycles. The summed E-state index contributed by atoms with van der Waals surface area (Å²) in [6.45, 7) is 1.86. The number of halogens is 2. The van der Waals surface area contributed by atoms with Crippen LogP contribution in [0.15, 0.2) is 65.7 Å². The topological polar surface area (TPSA) is 71.1 Å². The van der Waals surface area contributed by atoms with Crippen LogP contribution in [0.25, 0.3) is 0 Å². The number of sulfonamides is 1. The van der Waals surface area contributed by atoms with Gasteiger partial charge in [-0.05, 0) is 43.3 Å². The predicted octanol–water partition coefficient (Wildman–Crippen LogP) is 4.21. The summed E-state index contributed by atoms with van der Waals surface area (Å²) in [6.07, 6.45) is 1.30. The Morgan fingerprint density at radius 2 is 1.69 bits per heavy atom. The van der Waals surface area contributed by atoms with Crippen LogP contribution in [0.3, 0.4) is 0 Å². The van der Waals surface area contributed by atoms with E-state index in [1.165, 1.54) is 36.5 Å². The van der Waals surface area contributed by atoms with E-state index in [1.807, 2.05) is 6.92 Å². The molecule has 26 heavy (non-hydrogen) atoms. The SMILES string of the molecule is Cc1ccc(S(=O)(=O)Nc2ccc(Nc3ccc(F)cc3F)nc2)cc1. The molecule has 2 N–H and O–H groups in total. The van der Waals surface area contributed by atoms with Gasteiger partial charge in [0, 0.05) is 6.07 Å². The first-order valence-electron chi connectivity index (χ1n) is 7.61. The molecule has 0 unspecified atom stereocenters. The highest BCUT2D eigenvalue weighted by molar-refractivity contribution is 7.92. The van der Waals surface area contributed by atoms with Crippen molar-refractivity contribution in [3.8, 4) is 0 Å². The number of aromatic nitrogens is 1. The number of nitrogens with zero attached hydrogens (tertiary/aromatic N) is 1. The van der Waals surface area contributed by atoms with Crippen molar-refractivity contribution >= 4 is 27.2 Å². The Morgan fingerprint density at radius 1 is 0.962 bits per heavy atom. The monoisotopic (exact) mass is 375 g/mol. The van der Waals surface area contributed by atoms with Crippen molar-refractivity contribution in [2.75, 3.05) is 10.0 Å². The lowest BCUT2D eigenvalue weighted by Crippen LogP contribution is -2.13. The molecule has 3 aromatic rings. The molecule has 0 aliphatic carbocycles. The average Bonchev–Trinajstić information content (AvgIpc) is 2.59. The third-order valence-electron chi connectivity index (χ3n) is 3.54. The maximum atomic E-state index is 13.6. The maximum Gasteiger partial charge on any atom is 0.261 e. The van der Waals surface area contributed by atoms with Gasteiger partial charge in [-0.3, -0.25) is 4.72 Å². The standard InChI is InChI=1S/C18H15F2N3O2S/c1-12-2-6-15(7-3-12)26(24,25)23-14-5-9-18(21-11-14)22-17-8-4-13(19)10-16(17)20/h2-11,23H,1H3,(H,21,22). The molecule has 8 heteroatoms. The number of anilines is 3. The summed E-state index contributed by atoms with van der Waals surface area (Å²) in [5, 5.41) is 2.70. The molecule has 0 saturated heterocycles. The minimum absolute atomic E-state index is 0.0619. The second kappa shape index (κ2) is 7.09. The second-order valence-corrected chi connectivity index (χ2v) is 7.28. The third kappa shape index (κ3) is 4.15. The zero-order valence-corrected chi connectivity index (χ0v) is 14.5. The Hall–Kier alpha value is -3.00. The van der Waals surface area contributed by atoms with Gasteiger partial charge in [-0.15, -0.1) is 0 Å². The zero-order chi connectivity index (χ0) is 18.7. The lowest BCUT2D eigenvalue weighted by Gasteiger charge is -2.10. The van der Waals surface area contributed by atoms with Crippen molar-refractivity contribution in [1.29, 1.82) is 0 Å². The summed E-state index contributed by atoms with van der Waals surface area (Å²) in [4.78, 5) is 4.17. The first-order valence-corrected chi connectivity index (χ1v) is 9.09. The number of benzene rings is 2. The highest BCUT2D eigenvalue weighted by Gasteiger charge is 2.14. The van der Waals surface area contributed by atoms with Crippen LogP contribution in [0.1, 0.15) is 5.56 Å². The quantitative estimate of drug-likeness (QED) is 0.701. The number of hydrogen-bond acceptors (Lipinski definition) is 4. The van der Waals surface area contributed by atoms with Crippen molar-refractivity contribution in [1.82, 2.24) is 4.98 Å². The molecular weight excluding hydrogens is 360 g/mol. The van der Waals surface area contributed by atoms with E-state index >= 15 is 0 Å². The number of rotatable bonds is 5. The fourth-order valence-corrected chi connectivity index (χ4v) is 3.23. The van der Waals surface area contributed by atoms with E-state index in [1.54, 1.807) is 12.1 Å². The molecule has 0 aliphatic heterocycles. The fourth-order valence-electron chi connectivity index (χ4n) is 2.19. The molecule has 134 valence electrons. The smallest absolute Gasteiger partial charge is 0.261 e. The van der Waals surface area contributed by atoms with Crippen molar-refractivity contribution < 1.29 is 17.2 Å². The molecule has 0 atom stereocenters. The molecule has 0 aliphatic rings. The van der Waals surface area contributed by atoms with Gasteiger partial charge in [0.05, 0.1) is 22.5 Å². The van der Waals surface area contributed by atoms with Crippen LogP contribution in [-0.4, -0.2) is 13.4 Å². The van der Waals surface area contributed by atoms with Crippen LogP contribution in [0.5, 0.6) is 0 Å². The predicted molar refractivity (Wildman–Crippen MR) is 95.9 cm³/mol. The van der Waals surface area contributed by atoms with Crippen LogP contribution in [0, 0.1) is 18.6 Å². The van der Waals surface area contributed by atoms with Gasteiger partial charge in [-0.2, -0.15) is 0 Å². The molecule has 3 rings (SSSR count). The van der Waals surface area contributed by atoms with E-state index in [2.05, 4.69) is 15.0 Å². The third-order valence-corrected chi connectivity index (χ3v) is 4.94. The van der Waals surface area contributed by atoms with E-state index in [0.29, 0.717) is 0 Å². The Morgan fingerprint density at radius 3 is 2.31 bits per heavy atom. The number of aryl methyl sites for hydroxylation is 1.